The summed E-state index contributed by atoms with van der Waals surface area (Å²) in [6.07, 6.45) is 0. The van der Waals surface area contributed by atoms with E-state index >= 15 is 0 Å². The fourth-order valence-electron chi connectivity index (χ4n) is 2.30. The Bertz CT molecular complexity index is 657. The number of aromatic nitrogens is 1. The molecule has 1 unspecified atom stereocenters. The number of aryl methyl sites for hydroxylation is 1. The summed E-state index contributed by atoms with van der Waals surface area (Å²) in [5.74, 6) is 1.32. The SMILES string of the molecule is Cc1csc(C(NC(C)C)c2cc(Cl)c3c(c2)OCO3)n1. The van der Waals surface area contributed by atoms with Crippen LogP contribution in [0.2, 0.25) is 5.02 Å². The molecule has 0 saturated carbocycles. The second kappa shape index (κ2) is 5.83. The third-order valence-corrected chi connectivity index (χ3v) is 4.47. The first-order chi connectivity index (χ1) is 10.0. The molecule has 1 aromatic heterocycles. The summed E-state index contributed by atoms with van der Waals surface area (Å²) in [4.78, 5) is 4.60. The van der Waals surface area contributed by atoms with E-state index in [2.05, 4.69) is 29.5 Å². The maximum Gasteiger partial charge on any atom is 0.231 e. The summed E-state index contributed by atoms with van der Waals surface area (Å²) in [6, 6.07) is 4.22. The van der Waals surface area contributed by atoms with E-state index < -0.39 is 0 Å². The van der Waals surface area contributed by atoms with Gasteiger partial charge in [0.05, 0.1) is 11.1 Å². The highest BCUT2D eigenvalue weighted by Crippen LogP contribution is 2.42. The van der Waals surface area contributed by atoms with Gasteiger partial charge >= 0.3 is 0 Å². The molecule has 0 radical (unpaired) electrons. The zero-order valence-electron chi connectivity index (χ0n) is 12.1. The molecule has 0 amide bonds. The number of rotatable bonds is 4. The number of halogens is 1. The smallest absolute Gasteiger partial charge is 0.231 e. The van der Waals surface area contributed by atoms with Crippen LogP contribution >= 0.6 is 22.9 Å². The number of thiazole rings is 1. The molecular formula is C15H17ClN2O2S. The highest BCUT2D eigenvalue weighted by atomic mass is 35.5. The minimum Gasteiger partial charge on any atom is -0.454 e. The molecule has 3 rings (SSSR count). The van der Waals surface area contributed by atoms with Gasteiger partial charge in [0, 0.05) is 17.1 Å². The highest BCUT2D eigenvalue weighted by Gasteiger charge is 2.24. The van der Waals surface area contributed by atoms with E-state index in [0.29, 0.717) is 22.6 Å². The third-order valence-electron chi connectivity index (χ3n) is 3.17. The van der Waals surface area contributed by atoms with Crippen molar-refractivity contribution in [1.82, 2.24) is 10.3 Å². The summed E-state index contributed by atoms with van der Waals surface area (Å²) >= 11 is 7.94. The molecule has 112 valence electrons. The molecule has 0 spiro atoms. The van der Waals surface area contributed by atoms with E-state index in [1.54, 1.807) is 11.3 Å². The van der Waals surface area contributed by atoms with Gasteiger partial charge in [-0.2, -0.15) is 0 Å². The van der Waals surface area contributed by atoms with Gasteiger partial charge in [-0.3, -0.25) is 0 Å². The fraction of sp³-hybridized carbons (Fsp3) is 0.400. The summed E-state index contributed by atoms with van der Waals surface area (Å²) in [5.41, 5.74) is 2.06. The van der Waals surface area contributed by atoms with E-state index in [9.17, 15) is 0 Å². The van der Waals surface area contributed by atoms with Gasteiger partial charge in [-0.25, -0.2) is 4.98 Å². The first-order valence-electron chi connectivity index (χ1n) is 6.81. The summed E-state index contributed by atoms with van der Waals surface area (Å²) in [5, 5.41) is 7.19. The molecule has 0 bridgehead atoms. The van der Waals surface area contributed by atoms with Crippen LogP contribution in [0.4, 0.5) is 0 Å². The molecule has 2 aromatic rings. The molecule has 1 aliphatic rings. The summed E-state index contributed by atoms with van der Waals surface area (Å²) in [6.45, 7) is 6.44. The van der Waals surface area contributed by atoms with Crippen molar-refractivity contribution < 1.29 is 9.47 Å². The molecule has 1 aromatic carbocycles. The number of hydrogen-bond acceptors (Lipinski definition) is 5. The van der Waals surface area contributed by atoms with Crippen LogP contribution in [-0.4, -0.2) is 17.8 Å². The fourth-order valence-corrected chi connectivity index (χ4v) is 3.46. The van der Waals surface area contributed by atoms with Gasteiger partial charge in [0.15, 0.2) is 11.5 Å². The van der Waals surface area contributed by atoms with Crippen LogP contribution in [0.5, 0.6) is 11.5 Å². The number of nitrogens with one attached hydrogen (secondary N) is 1. The predicted octanol–water partition coefficient (Wildman–Crippen LogP) is 3.92. The van der Waals surface area contributed by atoms with Crippen LogP contribution in [-0.2, 0) is 0 Å². The minimum atomic E-state index is -0.00398. The van der Waals surface area contributed by atoms with Gasteiger partial charge in [0.25, 0.3) is 0 Å². The first-order valence-corrected chi connectivity index (χ1v) is 8.07. The lowest BCUT2D eigenvalue weighted by molar-refractivity contribution is 0.174. The zero-order chi connectivity index (χ0) is 15.0. The van der Waals surface area contributed by atoms with Crippen LogP contribution in [0.1, 0.15) is 36.2 Å². The van der Waals surface area contributed by atoms with Gasteiger partial charge in [-0.05, 0) is 38.5 Å². The van der Waals surface area contributed by atoms with Crippen LogP contribution in [0, 0.1) is 6.92 Å². The number of fused-ring (bicyclic) bond motifs is 1. The molecular weight excluding hydrogens is 308 g/mol. The predicted molar refractivity (Wildman–Crippen MR) is 84.5 cm³/mol. The Labute approximate surface area is 133 Å². The molecule has 21 heavy (non-hydrogen) atoms. The Morgan fingerprint density at radius 2 is 2.14 bits per heavy atom. The zero-order valence-corrected chi connectivity index (χ0v) is 13.7. The van der Waals surface area contributed by atoms with Crippen molar-refractivity contribution in [1.29, 1.82) is 0 Å². The molecule has 2 heterocycles. The van der Waals surface area contributed by atoms with Crippen molar-refractivity contribution in [3.63, 3.8) is 0 Å². The molecule has 0 aliphatic carbocycles. The van der Waals surface area contributed by atoms with Gasteiger partial charge in [-0.1, -0.05) is 11.6 Å². The van der Waals surface area contributed by atoms with E-state index in [1.165, 1.54) is 0 Å². The molecule has 4 nitrogen and oxygen atoms in total. The lowest BCUT2D eigenvalue weighted by atomic mass is 10.1. The largest absolute Gasteiger partial charge is 0.454 e. The highest BCUT2D eigenvalue weighted by molar-refractivity contribution is 7.09. The van der Waals surface area contributed by atoms with Crippen molar-refractivity contribution in [3.8, 4) is 11.5 Å². The normalized spacial score (nSPS) is 14.7. The van der Waals surface area contributed by atoms with Gasteiger partial charge < -0.3 is 14.8 Å². The topological polar surface area (TPSA) is 43.4 Å². The number of hydrogen-bond donors (Lipinski definition) is 1. The maximum absolute atomic E-state index is 6.30. The Morgan fingerprint density at radius 1 is 1.33 bits per heavy atom. The molecule has 1 aliphatic heterocycles. The van der Waals surface area contributed by atoms with Crippen molar-refractivity contribution >= 4 is 22.9 Å². The lowest BCUT2D eigenvalue weighted by Gasteiger charge is -2.20. The lowest BCUT2D eigenvalue weighted by Crippen LogP contribution is -2.29. The third kappa shape index (κ3) is 3.00. The molecule has 1 atom stereocenters. The summed E-state index contributed by atoms with van der Waals surface area (Å²) in [7, 11) is 0. The monoisotopic (exact) mass is 324 g/mol. The number of benzene rings is 1. The van der Waals surface area contributed by atoms with Gasteiger partial charge in [0.1, 0.15) is 5.01 Å². The van der Waals surface area contributed by atoms with E-state index in [0.717, 1.165) is 16.3 Å². The second-order valence-corrected chi connectivity index (χ2v) is 6.61. The van der Waals surface area contributed by atoms with Crippen LogP contribution in [0.25, 0.3) is 0 Å². The minimum absolute atomic E-state index is 0.00398. The number of ether oxygens (including phenoxy) is 2. The van der Waals surface area contributed by atoms with E-state index in [1.807, 2.05) is 19.1 Å². The second-order valence-electron chi connectivity index (χ2n) is 5.32. The van der Waals surface area contributed by atoms with Crippen molar-refractivity contribution in [2.24, 2.45) is 0 Å². The van der Waals surface area contributed by atoms with Gasteiger partial charge in [-0.15, -0.1) is 11.3 Å². The van der Waals surface area contributed by atoms with Crippen molar-refractivity contribution in [3.05, 3.63) is 38.8 Å². The maximum atomic E-state index is 6.30. The first kappa shape index (κ1) is 14.6. The van der Waals surface area contributed by atoms with Crippen molar-refractivity contribution in [2.45, 2.75) is 32.9 Å². The average Bonchev–Trinajstić information content (AvgIpc) is 3.04. The molecule has 1 N–H and O–H groups in total. The van der Waals surface area contributed by atoms with Crippen LogP contribution < -0.4 is 14.8 Å². The average molecular weight is 325 g/mol. The van der Waals surface area contributed by atoms with Gasteiger partial charge in [0.2, 0.25) is 6.79 Å². The van der Waals surface area contributed by atoms with Crippen molar-refractivity contribution in [2.75, 3.05) is 6.79 Å². The quantitative estimate of drug-likeness (QED) is 0.925. The standard InChI is InChI=1S/C15H17ClN2O2S/c1-8(2)17-13(15-18-9(3)6-21-15)10-4-11(16)14-12(5-10)19-7-20-14/h4-6,8,13,17H,7H2,1-3H3. The molecule has 0 saturated heterocycles. The van der Waals surface area contributed by atoms with Crippen LogP contribution in [0.3, 0.4) is 0 Å². The van der Waals surface area contributed by atoms with Crippen LogP contribution in [0.15, 0.2) is 17.5 Å². The Balaban J connectivity index is 2.02. The summed E-state index contributed by atoms with van der Waals surface area (Å²) < 4.78 is 10.8. The van der Waals surface area contributed by atoms with E-state index in [4.69, 9.17) is 21.1 Å². The Morgan fingerprint density at radius 3 is 2.81 bits per heavy atom. The molecule has 6 heteroatoms. The number of nitrogens with zero attached hydrogens (tertiary/aromatic N) is 1. The van der Waals surface area contributed by atoms with E-state index in [-0.39, 0.29) is 12.8 Å². The molecule has 0 fully saturated rings. The Hall–Kier alpha value is -1.30. The Kier molecular flexibility index (Phi) is 4.06.